The van der Waals surface area contributed by atoms with Gasteiger partial charge in [-0.15, -0.1) is 0 Å². The van der Waals surface area contributed by atoms with Crippen molar-refractivity contribution in [1.29, 1.82) is 0 Å². The summed E-state index contributed by atoms with van der Waals surface area (Å²) in [4.78, 5) is 21.6. The minimum atomic E-state index is -0.181. The van der Waals surface area contributed by atoms with Crippen LogP contribution in [0.4, 0.5) is 0 Å². The van der Waals surface area contributed by atoms with Crippen LogP contribution in [0.25, 0.3) is 0 Å². The van der Waals surface area contributed by atoms with Gasteiger partial charge in [0, 0.05) is 12.3 Å². The first-order valence-electron chi connectivity index (χ1n) is 3.66. The van der Waals surface area contributed by atoms with Crippen LogP contribution in [0.2, 0.25) is 0 Å². The van der Waals surface area contributed by atoms with E-state index in [1.54, 1.807) is 6.08 Å². The molecular weight excluding hydrogens is 144 g/mol. The van der Waals surface area contributed by atoms with Crippen LogP contribution in [0.1, 0.15) is 12.8 Å². The second-order valence-electron chi connectivity index (χ2n) is 2.95. The number of hydrogen-bond donors (Lipinski definition) is 0. The maximum Gasteiger partial charge on any atom is 0.306 e. The Morgan fingerprint density at radius 3 is 3.00 bits per heavy atom. The highest BCUT2D eigenvalue weighted by Crippen LogP contribution is 2.29. The summed E-state index contributed by atoms with van der Waals surface area (Å²) in [5, 5.41) is 0. The highest BCUT2D eigenvalue weighted by atomic mass is 16.5. The molecule has 3 nitrogen and oxygen atoms in total. The molecule has 11 heavy (non-hydrogen) atoms. The SMILES string of the molecule is O=C1C=C[C@@H]2OC(=O)C[C@@H]2C1. The van der Waals surface area contributed by atoms with E-state index in [9.17, 15) is 9.59 Å². The zero-order valence-electron chi connectivity index (χ0n) is 5.95. The fourth-order valence-electron chi connectivity index (χ4n) is 1.54. The normalized spacial score (nSPS) is 35.3. The molecule has 0 spiro atoms. The van der Waals surface area contributed by atoms with Crippen molar-refractivity contribution < 1.29 is 14.3 Å². The van der Waals surface area contributed by atoms with E-state index in [4.69, 9.17) is 4.74 Å². The van der Waals surface area contributed by atoms with Gasteiger partial charge in [-0.2, -0.15) is 0 Å². The van der Waals surface area contributed by atoms with Gasteiger partial charge in [0.15, 0.2) is 5.78 Å². The Labute approximate surface area is 64.0 Å². The Morgan fingerprint density at radius 1 is 1.36 bits per heavy atom. The number of carbonyl (C=O) groups excluding carboxylic acids is 2. The summed E-state index contributed by atoms with van der Waals surface area (Å²) in [6, 6.07) is 0. The molecule has 2 rings (SSSR count). The second-order valence-corrected chi connectivity index (χ2v) is 2.95. The Balaban J connectivity index is 2.19. The fraction of sp³-hybridized carbons (Fsp3) is 0.500. The van der Waals surface area contributed by atoms with Gasteiger partial charge in [-0.05, 0) is 12.2 Å². The minimum absolute atomic E-state index is 0.101. The van der Waals surface area contributed by atoms with Crippen molar-refractivity contribution in [1.82, 2.24) is 0 Å². The first kappa shape index (κ1) is 6.58. The van der Waals surface area contributed by atoms with Gasteiger partial charge < -0.3 is 4.74 Å². The van der Waals surface area contributed by atoms with Crippen molar-refractivity contribution in [3.05, 3.63) is 12.2 Å². The number of allylic oxidation sites excluding steroid dienone is 1. The summed E-state index contributed by atoms with van der Waals surface area (Å²) in [5.41, 5.74) is 0. The van der Waals surface area contributed by atoms with Crippen molar-refractivity contribution in [3.63, 3.8) is 0 Å². The van der Waals surface area contributed by atoms with E-state index in [0.717, 1.165) is 0 Å². The summed E-state index contributed by atoms with van der Waals surface area (Å²) in [7, 11) is 0. The maximum absolute atomic E-state index is 10.9. The third-order valence-corrected chi connectivity index (χ3v) is 2.10. The van der Waals surface area contributed by atoms with Crippen LogP contribution in [0.5, 0.6) is 0 Å². The second kappa shape index (κ2) is 2.19. The van der Waals surface area contributed by atoms with Gasteiger partial charge in [0.2, 0.25) is 0 Å². The van der Waals surface area contributed by atoms with E-state index in [2.05, 4.69) is 0 Å². The molecule has 1 fully saturated rings. The van der Waals surface area contributed by atoms with Crippen molar-refractivity contribution in [2.24, 2.45) is 5.92 Å². The Hall–Kier alpha value is -1.12. The van der Waals surface area contributed by atoms with Crippen molar-refractivity contribution >= 4 is 11.8 Å². The minimum Gasteiger partial charge on any atom is -0.458 e. The monoisotopic (exact) mass is 152 g/mol. The van der Waals surface area contributed by atoms with Gasteiger partial charge in [-0.3, -0.25) is 9.59 Å². The van der Waals surface area contributed by atoms with E-state index in [1.807, 2.05) is 0 Å². The fourth-order valence-corrected chi connectivity index (χ4v) is 1.54. The highest BCUT2D eigenvalue weighted by molar-refractivity contribution is 5.92. The first-order chi connectivity index (χ1) is 5.25. The lowest BCUT2D eigenvalue weighted by Crippen LogP contribution is -2.20. The molecule has 1 aliphatic heterocycles. The lowest BCUT2D eigenvalue weighted by atomic mass is 9.90. The van der Waals surface area contributed by atoms with Gasteiger partial charge in [-0.25, -0.2) is 0 Å². The number of ketones is 1. The average Bonchev–Trinajstić information content (AvgIpc) is 2.27. The van der Waals surface area contributed by atoms with Crippen molar-refractivity contribution in [3.8, 4) is 0 Å². The van der Waals surface area contributed by atoms with E-state index in [-0.39, 0.29) is 23.8 Å². The van der Waals surface area contributed by atoms with Crippen LogP contribution in [0.3, 0.4) is 0 Å². The van der Waals surface area contributed by atoms with E-state index >= 15 is 0 Å². The zero-order chi connectivity index (χ0) is 7.84. The summed E-state index contributed by atoms with van der Waals surface area (Å²) < 4.78 is 4.94. The number of hydrogen-bond acceptors (Lipinski definition) is 3. The molecule has 0 amide bonds. The quantitative estimate of drug-likeness (QED) is 0.473. The predicted octanol–water partition coefficient (Wildman–Crippen LogP) is 0.447. The lowest BCUT2D eigenvalue weighted by molar-refractivity contribution is -0.140. The predicted molar refractivity (Wildman–Crippen MR) is 36.8 cm³/mol. The summed E-state index contributed by atoms with van der Waals surface area (Å²) in [5.74, 6) is 0.0314. The molecule has 1 aliphatic carbocycles. The number of esters is 1. The van der Waals surface area contributed by atoms with Crippen molar-refractivity contribution in [2.75, 3.05) is 0 Å². The average molecular weight is 152 g/mol. The Bertz CT molecular complexity index is 242. The molecule has 3 heteroatoms. The molecule has 0 bridgehead atoms. The highest BCUT2D eigenvalue weighted by Gasteiger charge is 2.36. The molecule has 0 aromatic carbocycles. The van der Waals surface area contributed by atoms with Crippen LogP contribution in [0.15, 0.2) is 12.2 Å². The van der Waals surface area contributed by atoms with Gasteiger partial charge in [0.05, 0.1) is 6.42 Å². The topological polar surface area (TPSA) is 43.4 Å². The molecule has 1 saturated heterocycles. The molecule has 2 aliphatic rings. The number of carbonyl (C=O) groups is 2. The first-order valence-corrected chi connectivity index (χ1v) is 3.66. The van der Waals surface area contributed by atoms with Gasteiger partial charge >= 0.3 is 5.97 Å². The third kappa shape index (κ3) is 1.06. The van der Waals surface area contributed by atoms with E-state index < -0.39 is 0 Å². The number of fused-ring (bicyclic) bond motifs is 1. The third-order valence-electron chi connectivity index (χ3n) is 2.10. The summed E-state index contributed by atoms with van der Waals surface area (Å²) >= 11 is 0. The molecule has 58 valence electrons. The van der Waals surface area contributed by atoms with E-state index in [0.29, 0.717) is 12.8 Å². The van der Waals surface area contributed by atoms with Gasteiger partial charge in [0.1, 0.15) is 6.10 Å². The van der Waals surface area contributed by atoms with Crippen molar-refractivity contribution in [2.45, 2.75) is 18.9 Å². The van der Waals surface area contributed by atoms with Crippen LogP contribution >= 0.6 is 0 Å². The summed E-state index contributed by atoms with van der Waals surface area (Å²) in [6.07, 6.45) is 3.93. The number of ether oxygens (including phenoxy) is 1. The summed E-state index contributed by atoms with van der Waals surface area (Å²) in [6.45, 7) is 0. The number of rotatable bonds is 0. The van der Waals surface area contributed by atoms with Crippen LogP contribution < -0.4 is 0 Å². The molecule has 1 heterocycles. The molecule has 0 saturated carbocycles. The molecule has 0 radical (unpaired) electrons. The molecular formula is C8H8O3. The maximum atomic E-state index is 10.9. The van der Waals surface area contributed by atoms with E-state index in [1.165, 1.54) is 6.08 Å². The van der Waals surface area contributed by atoms with Gasteiger partial charge in [0.25, 0.3) is 0 Å². The van der Waals surface area contributed by atoms with Crippen LogP contribution in [-0.4, -0.2) is 17.9 Å². The standard InChI is InChI=1S/C8H8O3/c9-6-1-2-7-5(3-6)4-8(10)11-7/h1-2,5,7H,3-4H2/t5-,7-/m0/s1. The Kier molecular flexibility index (Phi) is 1.31. The van der Waals surface area contributed by atoms with Crippen LogP contribution in [0, 0.1) is 5.92 Å². The van der Waals surface area contributed by atoms with Crippen LogP contribution in [-0.2, 0) is 14.3 Å². The molecule has 0 N–H and O–H groups in total. The smallest absolute Gasteiger partial charge is 0.306 e. The molecule has 0 aromatic heterocycles. The molecule has 0 unspecified atom stereocenters. The molecule has 2 atom stereocenters. The lowest BCUT2D eigenvalue weighted by Gasteiger charge is -2.15. The largest absolute Gasteiger partial charge is 0.458 e. The molecule has 0 aromatic rings. The van der Waals surface area contributed by atoms with Gasteiger partial charge in [-0.1, -0.05) is 0 Å². The Morgan fingerprint density at radius 2 is 2.18 bits per heavy atom. The zero-order valence-corrected chi connectivity index (χ0v) is 5.95.